The molecule has 0 unspecified atom stereocenters. The maximum atomic E-state index is 13.8. The summed E-state index contributed by atoms with van der Waals surface area (Å²) in [4.78, 5) is 42.7. The highest BCUT2D eigenvalue weighted by Gasteiger charge is 2.39. The standard InChI is InChI=1S/C32H37N5O3/c1-5-22-13-18-26-27(21-22)37(32(40)33-4)31(39)28(26)29(23-11-9-8-10-12-23)35-25-16-14-24(15-17-25)30(38)34-19-20-36(6-2)7-3/h8-18,21,35H,5-7,19-20H2,1-4H3,(H,33,40)(H,34,38). The van der Waals surface area contributed by atoms with Crippen molar-refractivity contribution in [1.29, 1.82) is 0 Å². The molecule has 0 saturated carbocycles. The van der Waals surface area contributed by atoms with Gasteiger partial charge in [0, 0.05) is 37.0 Å². The zero-order valence-electron chi connectivity index (χ0n) is 23.6. The Hall–Kier alpha value is -4.43. The molecule has 0 atom stereocenters. The van der Waals surface area contributed by atoms with Gasteiger partial charge in [-0.3, -0.25) is 9.59 Å². The summed E-state index contributed by atoms with van der Waals surface area (Å²) in [6, 6.07) is 22.0. The fraction of sp³-hybridized carbons (Fsp3) is 0.281. The molecule has 0 fully saturated rings. The Morgan fingerprint density at radius 1 is 0.875 bits per heavy atom. The minimum absolute atomic E-state index is 0.131. The average molecular weight is 540 g/mol. The third kappa shape index (κ3) is 6.07. The zero-order valence-corrected chi connectivity index (χ0v) is 23.6. The molecule has 0 aromatic heterocycles. The molecule has 40 heavy (non-hydrogen) atoms. The predicted molar refractivity (Wildman–Crippen MR) is 161 cm³/mol. The number of carbonyl (C=O) groups is 3. The Morgan fingerprint density at radius 2 is 1.57 bits per heavy atom. The zero-order chi connectivity index (χ0) is 28.6. The second-order valence-corrected chi connectivity index (χ2v) is 9.50. The Bertz CT molecular complexity index is 1400. The SMILES string of the molecule is CCc1ccc2c(c1)N(C(=O)NC)C(=O)C2=C(Nc1ccc(C(=O)NCCN(CC)CC)cc1)c1ccccc1. The second-order valence-electron chi connectivity index (χ2n) is 9.50. The summed E-state index contributed by atoms with van der Waals surface area (Å²) in [6.45, 7) is 9.51. The third-order valence-corrected chi connectivity index (χ3v) is 7.15. The van der Waals surface area contributed by atoms with Crippen LogP contribution in [0, 0.1) is 0 Å². The lowest BCUT2D eigenvalue weighted by molar-refractivity contribution is -0.112. The molecule has 0 saturated heterocycles. The van der Waals surface area contributed by atoms with Gasteiger partial charge < -0.3 is 20.9 Å². The van der Waals surface area contributed by atoms with Crippen LogP contribution in [0.5, 0.6) is 0 Å². The van der Waals surface area contributed by atoms with Crippen molar-refractivity contribution in [3.63, 3.8) is 0 Å². The van der Waals surface area contributed by atoms with Crippen molar-refractivity contribution in [3.05, 3.63) is 95.1 Å². The topological polar surface area (TPSA) is 93.8 Å². The molecule has 0 radical (unpaired) electrons. The van der Waals surface area contributed by atoms with Crippen LogP contribution in [0.2, 0.25) is 0 Å². The number of hydrogen-bond donors (Lipinski definition) is 3. The van der Waals surface area contributed by atoms with E-state index in [1.807, 2.05) is 67.6 Å². The Kier molecular flexibility index (Phi) is 9.35. The van der Waals surface area contributed by atoms with Gasteiger partial charge in [-0.05, 0) is 61.0 Å². The third-order valence-electron chi connectivity index (χ3n) is 7.15. The van der Waals surface area contributed by atoms with Crippen LogP contribution in [0.15, 0.2) is 72.8 Å². The number of nitrogens with one attached hydrogen (secondary N) is 3. The predicted octanol–water partition coefficient (Wildman–Crippen LogP) is 4.99. The van der Waals surface area contributed by atoms with Crippen molar-refractivity contribution >= 4 is 40.5 Å². The summed E-state index contributed by atoms with van der Waals surface area (Å²) in [5.41, 5.74) is 5.33. The van der Waals surface area contributed by atoms with Crippen LogP contribution in [0.1, 0.15) is 47.8 Å². The van der Waals surface area contributed by atoms with Gasteiger partial charge in [0.15, 0.2) is 0 Å². The van der Waals surface area contributed by atoms with E-state index in [2.05, 4.69) is 34.7 Å². The molecule has 0 spiro atoms. The molecule has 4 amide bonds. The molecule has 3 aromatic rings. The van der Waals surface area contributed by atoms with Gasteiger partial charge in [0.05, 0.1) is 17.0 Å². The van der Waals surface area contributed by atoms with E-state index in [0.29, 0.717) is 40.3 Å². The number of anilines is 2. The molecule has 1 aliphatic heterocycles. The molecular weight excluding hydrogens is 502 g/mol. The number of urea groups is 1. The quantitative estimate of drug-likeness (QED) is 0.316. The summed E-state index contributed by atoms with van der Waals surface area (Å²) >= 11 is 0. The van der Waals surface area contributed by atoms with Gasteiger partial charge in [-0.25, -0.2) is 9.69 Å². The highest BCUT2D eigenvalue weighted by atomic mass is 16.2. The molecule has 1 heterocycles. The maximum absolute atomic E-state index is 13.8. The van der Waals surface area contributed by atoms with E-state index in [-0.39, 0.29) is 5.91 Å². The number of fused-ring (bicyclic) bond motifs is 1. The fourth-order valence-corrected chi connectivity index (χ4v) is 4.79. The summed E-state index contributed by atoms with van der Waals surface area (Å²) in [5.74, 6) is -0.536. The lowest BCUT2D eigenvalue weighted by atomic mass is 9.98. The molecule has 0 bridgehead atoms. The number of aryl methyl sites for hydroxylation is 1. The van der Waals surface area contributed by atoms with Gasteiger partial charge in [0.2, 0.25) is 0 Å². The highest BCUT2D eigenvalue weighted by molar-refractivity contribution is 6.43. The van der Waals surface area contributed by atoms with Gasteiger partial charge in [-0.1, -0.05) is 63.2 Å². The van der Waals surface area contributed by atoms with Crippen LogP contribution in [-0.4, -0.2) is 56.0 Å². The van der Waals surface area contributed by atoms with E-state index in [4.69, 9.17) is 0 Å². The molecule has 208 valence electrons. The highest BCUT2D eigenvalue weighted by Crippen LogP contribution is 2.41. The lowest BCUT2D eigenvalue weighted by Gasteiger charge is -2.18. The summed E-state index contributed by atoms with van der Waals surface area (Å²) in [7, 11) is 1.51. The molecular formula is C32H37N5O3. The van der Waals surface area contributed by atoms with Gasteiger partial charge >= 0.3 is 6.03 Å². The first kappa shape index (κ1) is 28.6. The van der Waals surface area contributed by atoms with Crippen molar-refractivity contribution in [2.75, 3.05) is 43.4 Å². The molecule has 1 aliphatic rings. The van der Waals surface area contributed by atoms with Gasteiger partial charge in [-0.2, -0.15) is 0 Å². The van der Waals surface area contributed by atoms with Crippen LogP contribution in [0.25, 0.3) is 11.3 Å². The number of amides is 4. The van der Waals surface area contributed by atoms with E-state index in [9.17, 15) is 14.4 Å². The monoisotopic (exact) mass is 539 g/mol. The number of rotatable bonds is 10. The first-order valence-electron chi connectivity index (χ1n) is 13.8. The molecule has 8 nitrogen and oxygen atoms in total. The van der Waals surface area contributed by atoms with Crippen LogP contribution in [-0.2, 0) is 11.2 Å². The summed E-state index contributed by atoms with van der Waals surface area (Å²) in [5, 5.41) is 8.98. The number of hydrogen-bond acceptors (Lipinski definition) is 5. The van der Waals surface area contributed by atoms with Crippen molar-refractivity contribution in [3.8, 4) is 0 Å². The summed E-state index contributed by atoms with van der Waals surface area (Å²) < 4.78 is 0. The van der Waals surface area contributed by atoms with Crippen LogP contribution < -0.4 is 20.9 Å². The minimum atomic E-state index is -0.488. The van der Waals surface area contributed by atoms with Crippen molar-refractivity contribution in [2.45, 2.75) is 27.2 Å². The number of benzene rings is 3. The molecule has 4 rings (SSSR count). The number of carbonyl (C=O) groups excluding carboxylic acids is 3. The number of likely N-dealkylation sites (N-methyl/N-ethyl adjacent to an activating group) is 1. The Morgan fingerprint density at radius 3 is 2.20 bits per heavy atom. The van der Waals surface area contributed by atoms with Crippen molar-refractivity contribution in [2.24, 2.45) is 0 Å². The van der Waals surface area contributed by atoms with E-state index < -0.39 is 11.9 Å². The normalized spacial score (nSPS) is 13.7. The van der Waals surface area contributed by atoms with E-state index in [1.54, 1.807) is 12.1 Å². The number of imide groups is 1. The Labute approximate surface area is 236 Å². The molecule has 3 aromatic carbocycles. The fourth-order valence-electron chi connectivity index (χ4n) is 4.79. The van der Waals surface area contributed by atoms with E-state index >= 15 is 0 Å². The maximum Gasteiger partial charge on any atom is 0.328 e. The van der Waals surface area contributed by atoms with Gasteiger partial charge in [0.1, 0.15) is 0 Å². The van der Waals surface area contributed by atoms with Crippen LogP contribution in [0.3, 0.4) is 0 Å². The smallest absolute Gasteiger partial charge is 0.328 e. The van der Waals surface area contributed by atoms with E-state index in [1.165, 1.54) is 11.9 Å². The first-order valence-corrected chi connectivity index (χ1v) is 13.8. The van der Waals surface area contributed by atoms with Gasteiger partial charge in [-0.15, -0.1) is 0 Å². The Balaban J connectivity index is 1.68. The summed E-state index contributed by atoms with van der Waals surface area (Å²) in [6.07, 6.45) is 0.779. The average Bonchev–Trinajstić information content (AvgIpc) is 3.28. The minimum Gasteiger partial charge on any atom is -0.354 e. The van der Waals surface area contributed by atoms with Crippen molar-refractivity contribution < 1.29 is 14.4 Å². The second kappa shape index (κ2) is 13.1. The number of nitrogens with zero attached hydrogens (tertiary/aromatic N) is 2. The first-order chi connectivity index (χ1) is 19.4. The van der Waals surface area contributed by atoms with Crippen LogP contribution >= 0.6 is 0 Å². The molecule has 8 heteroatoms. The van der Waals surface area contributed by atoms with Crippen molar-refractivity contribution in [1.82, 2.24) is 15.5 Å². The largest absolute Gasteiger partial charge is 0.354 e. The van der Waals surface area contributed by atoms with Crippen LogP contribution in [0.4, 0.5) is 16.2 Å². The van der Waals surface area contributed by atoms with E-state index in [0.717, 1.165) is 37.2 Å². The molecule has 0 aliphatic carbocycles. The lowest BCUT2D eigenvalue weighted by Crippen LogP contribution is -2.40. The molecule has 3 N–H and O–H groups in total. The van der Waals surface area contributed by atoms with Gasteiger partial charge in [0.25, 0.3) is 11.8 Å².